The Bertz CT molecular complexity index is 994. The quantitative estimate of drug-likeness (QED) is 0.579. The summed E-state index contributed by atoms with van der Waals surface area (Å²) in [6, 6.07) is 6.85. The number of rotatable bonds is 6. The Kier molecular flexibility index (Phi) is 5.56. The van der Waals surface area contributed by atoms with Crippen LogP contribution in [0.2, 0.25) is 0 Å². The van der Waals surface area contributed by atoms with E-state index in [1.807, 2.05) is 0 Å². The molecule has 0 spiro atoms. The monoisotopic (exact) mass is 397 g/mol. The Balaban J connectivity index is 1.27. The van der Waals surface area contributed by atoms with Crippen LogP contribution in [-0.2, 0) is 9.53 Å². The van der Waals surface area contributed by atoms with Gasteiger partial charge in [-0.15, -0.1) is 5.10 Å². The number of hydrogen-bond acceptors (Lipinski definition) is 8. The van der Waals surface area contributed by atoms with Crippen molar-refractivity contribution in [3.05, 3.63) is 48.4 Å². The second kappa shape index (κ2) is 8.61. The van der Waals surface area contributed by atoms with Gasteiger partial charge < -0.3 is 19.8 Å². The van der Waals surface area contributed by atoms with E-state index in [1.165, 1.54) is 11.0 Å². The van der Waals surface area contributed by atoms with Crippen LogP contribution in [0, 0.1) is 0 Å². The molecule has 3 aromatic rings. The van der Waals surface area contributed by atoms with Gasteiger partial charge in [-0.2, -0.15) is 0 Å². The van der Waals surface area contributed by atoms with Crippen LogP contribution in [0.5, 0.6) is 0 Å². The average Bonchev–Trinajstić information content (AvgIpc) is 3.20. The van der Waals surface area contributed by atoms with E-state index >= 15 is 0 Å². The number of nitrogens with zero attached hydrogens (tertiary/aromatic N) is 6. The van der Waals surface area contributed by atoms with Gasteiger partial charge in [0.15, 0.2) is 0 Å². The third-order valence-corrected chi connectivity index (χ3v) is 4.38. The first-order valence-electron chi connectivity index (χ1n) is 9.08. The van der Waals surface area contributed by atoms with Gasteiger partial charge in [-0.05, 0) is 29.5 Å². The molecular weight excluding hydrogens is 378 g/mol. The molecule has 1 aliphatic heterocycles. The Hall–Kier alpha value is -3.60. The molecule has 0 radical (unpaired) electrons. The lowest BCUT2D eigenvalue weighted by atomic mass is 10.2. The molecule has 1 N–H and O–H groups in total. The maximum absolute atomic E-state index is 12.4. The number of fused-ring (bicyclic) bond motifs is 1. The van der Waals surface area contributed by atoms with Crippen LogP contribution in [0.25, 0.3) is 11.2 Å². The Labute approximate surface area is 165 Å². The maximum Gasteiger partial charge on any atom is 0.253 e. The summed E-state index contributed by atoms with van der Waals surface area (Å²) in [7, 11) is 0. The van der Waals surface area contributed by atoms with Gasteiger partial charge in [-0.1, -0.05) is 4.85 Å². The zero-order valence-corrected chi connectivity index (χ0v) is 15.5. The van der Waals surface area contributed by atoms with Gasteiger partial charge >= 0.3 is 0 Å². The SMILES string of the molecule is O=C(NCC(=O)N1CCOC(COn2nnc3cccnc32)C1)c1cccnc1. The van der Waals surface area contributed by atoms with E-state index in [2.05, 4.69) is 25.6 Å². The standard InChI is InChI=1S/C18H19N7O4/c26-16(10-21-18(27)13-3-1-5-19-9-13)24-7-8-28-14(11-24)12-29-25-17-15(22-23-25)4-2-6-20-17/h1-6,9,14H,7-8,10-12H2,(H,21,27). The molecule has 11 nitrogen and oxygen atoms in total. The van der Waals surface area contributed by atoms with Crippen LogP contribution in [0.3, 0.4) is 0 Å². The van der Waals surface area contributed by atoms with Crippen LogP contribution in [0.1, 0.15) is 10.4 Å². The van der Waals surface area contributed by atoms with Crippen molar-refractivity contribution < 1.29 is 19.2 Å². The van der Waals surface area contributed by atoms with E-state index in [9.17, 15) is 9.59 Å². The normalized spacial score (nSPS) is 16.6. The number of morpholine rings is 1. The van der Waals surface area contributed by atoms with Crippen molar-refractivity contribution in [2.24, 2.45) is 0 Å². The van der Waals surface area contributed by atoms with E-state index in [0.717, 1.165) is 0 Å². The number of pyridine rings is 2. The van der Waals surface area contributed by atoms with Gasteiger partial charge in [0, 0.05) is 25.1 Å². The molecule has 11 heteroatoms. The summed E-state index contributed by atoms with van der Waals surface area (Å²) in [6.07, 6.45) is 4.33. The number of amides is 2. The number of ether oxygens (including phenoxy) is 1. The third-order valence-electron chi connectivity index (χ3n) is 4.38. The van der Waals surface area contributed by atoms with Crippen molar-refractivity contribution in [2.75, 3.05) is 32.8 Å². The predicted octanol–water partition coefficient (Wildman–Crippen LogP) is -0.693. The molecule has 0 aromatic carbocycles. The molecule has 1 fully saturated rings. The van der Waals surface area contributed by atoms with E-state index < -0.39 is 0 Å². The smallest absolute Gasteiger partial charge is 0.253 e. The first-order chi connectivity index (χ1) is 14.2. The topological polar surface area (TPSA) is 124 Å². The summed E-state index contributed by atoms with van der Waals surface area (Å²) in [6.45, 7) is 1.26. The fourth-order valence-electron chi connectivity index (χ4n) is 2.90. The molecule has 3 aromatic heterocycles. The highest BCUT2D eigenvalue weighted by atomic mass is 16.7. The summed E-state index contributed by atoms with van der Waals surface area (Å²) in [5.74, 6) is -0.534. The minimum Gasteiger partial charge on any atom is -0.391 e. The van der Waals surface area contributed by atoms with Gasteiger partial charge in [-0.25, -0.2) is 4.98 Å². The van der Waals surface area contributed by atoms with E-state index in [4.69, 9.17) is 9.57 Å². The van der Waals surface area contributed by atoms with Crippen LogP contribution in [0.4, 0.5) is 0 Å². The average molecular weight is 397 g/mol. The fraction of sp³-hybridized carbons (Fsp3) is 0.333. The van der Waals surface area contributed by atoms with Gasteiger partial charge in [-0.3, -0.25) is 14.6 Å². The Morgan fingerprint density at radius 3 is 3.03 bits per heavy atom. The lowest BCUT2D eigenvalue weighted by molar-refractivity contribution is -0.140. The molecule has 1 saturated heterocycles. The molecule has 0 bridgehead atoms. The minimum atomic E-state index is -0.342. The third kappa shape index (κ3) is 4.46. The van der Waals surface area contributed by atoms with E-state index in [0.29, 0.717) is 36.4 Å². The van der Waals surface area contributed by atoms with Gasteiger partial charge in [0.25, 0.3) is 5.91 Å². The molecule has 4 heterocycles. The molecule has 1 atom stereocenters. The summed E-state index contributed by atoms with van der Waals surface area (Å²) < 4.78 is 5.67. The van der Waals surface area contributed by atoms with Crippen LogP contribution in [-0.4, -0.2) is 80.8 Å². The number of carbonyl (C=O) groups excluding carboxylic acids is 2. The first-order valence-corrected chi connectivity index (χ1v) is 9.08. The lowest BCUT2D eigenvalue weighted by Gasteiger charge is -2.32. The van der Waals surface area contributed by atoms with Crippen LogP contribution in [0.15, 0.2) is 42.9 Å². The van der Waals surface area contributed by atoms with Gasteiger partial charge in [0.2, 0.25) is 11.6 Å². The Morgan fingerprint density at radius 1 is 1.28 bits per heavy atom. The number of aromatic nitrogens is 5. The van der Waals surface area contributed by atoms with Gasteiger partial charge in [0.1, 0.15) is 18.2 Å². The molecule has 29 heavy (non-hydrogen) atoms. The molecule has 0 saturated carbocycles. The van der Waals surface area contributed by atoms with Crippen molar-refractivity contribution in [1.82, 2.24) is 35.3 Å². The van der Waals surface area contributed by atoms with E-state index in [1.54, 1.807) is 41.6 Å². The first kappa shape index (κ1) is 18.7. The highest BCUT2D eigenvalue weighted by molar-refractivity contribution is 5.96. The largest absolute Gasteiger partial charge is 0.391 e. The predicted molar refractivity (Wildman–Crippen MR) is 99.7 cm³/mol. The summed E-state index contributed by atoms with van der Waals surface area (Å²) in [5.41, 5.74) is 1.54. The molecule has 150 valence electrons. The van der Waals surface area contributed by atoms with Crippen molar-refractivity contribution >= 4 is 23.0 Å². The molecule has 1 unspecified atom stereocenters. The number of carbonyl (C=O) groups is 2. The maximum atomic E-state index is 12.4. The summed E-state index contributed by atoms with van der Waals surface area (Å²) in [4.78, 5) is 41.1. The summed E-state index contributed by atoms with van der Waals surface area (Å²) in [5, 5.41) is 10.5. The molecule has 4 rings (SSSR count). The zero-order valence-electron chi connectivity index (χ0n) is 15.5. The van der Waals surface area contributed by atoms with Gasteiger partial charge in [0.05, 0.1) is 25.3 Å². The number of hydrogen-bond donors (Lipinski definition) is 1. The highest BCUT2D eigenvalue weighted by Gasteiger charge is 2.25. The van der Waals surface area contributed by atoms with Crippen LogP contribution < -0.4 is 10.2 Å². The van der Waals surface area contributed by atoms with Crippen LogP contribution >= 0.6 is 0 Å². The molecule has 1 aliphatic rings. The van der Waals surface area contributed by atoms with Crippen molar-refractivity contribution in [3.63, 3.8) is 0 Å². The molecule has 2 amide bonds. The second-order valence-corrected chi connectivity index (χ2v) is 6.36. The fourth-order valence-corrected chi connectivity index (χ4v) is 2.90. The van der Waals surface area contributed by atoms with Crippen molar-refractivity contribution in [1.29, 1.82) is 0 Å². The van der Waals surface area contributed by atoms with Crippen molar-refractivity contribution in [2.45, 2.75) is 6.10 Å². The molecular formula is C18H19N7O4. The number of nitrogens with one attached hydrogen (secondary N) is 1. The molecule has 0 aliphatic carbocycles. The highest BCUT2D eigenvalue weighted by Crippen LogP contribution is 2.08. The summed E-state index contributed by atoms with van der Waals surface area (Å²) >= 11 is 0. The zero-order chi connectivity index (χ0) is 20.1. The Morgan fingerprint density at radius 2 is 2.17 bits per heavy atom. The lowest BCUT2D eigenvalue weighted by Crippen LogP contribution is -2.50. The minimum absolute atomic E-state index is 0.0983. The van der Waals surface area contributed by atoms with E-state index in [-0.39, 0.29) is 31.1 Å². The second-order valence-electron chi connectivity index (χ2n) is 6.36. The van der Waals surface area contributed by atoms with Crippen molar-refractivity contribution in [3.8, 4) is 0 Å².